The van der Waals surface area contributed by atoms with Crippen LogP contribution in [0.15, 0.2) is 18.2 Å². The molecule has 1 aromatic carbocycles. The van der Waals surface area contributed by atoms with Gasteiger partial charge in [0.2, 0.25) is 5.91 Å². The van der Waals surface area contributed by atoms with Gasteiger partial charge in [0.25, 0.3) is 0 Å². The lowest BCUT2D eigenvalue weighted by Crippen LogP contribution is -2.42. The van der Waals surface area contributed by atoms with Crippen LogP contribution in [0.4, 0.5) is 5.69 Å². The zero-order chi connectivity index (χ0) is 13.2. The summed E-state index contributed by atoms with van der Waals surface area (Å²) in [5, 5.41) is 6.81. The predicted octanol–water partition coefficient (Wildman–Crippen LogP) is 3.27. The Morgan fingerprint density at radius 1 is 1.44 bits per heavy atom. The molecule has 0 saturated carbocycles. The van der Waals surface area contributed by atoms with E-state index in [0.717, 1.165) is 29.5 Å². The molecule has 0 bridgehead atoms. The zero-order valence-corrected chi connectivity index (χ0v) is 13.1. The van der Waals surface area contributed by atoms with E-state index in [-0.39, 0.29) is 11.3 Å². The molecule has 0 radical (unpaired) electrons. The fourth-order valence-electron chi connectivity index (χ4n) is 2.07. The number of hydrogen-bond acceptors (Lipinski definition) is 2. The zero-order valence-electron chi connectivity index (χ0n) is 10.2. The summed E-state index contributed by atoms with van der Waals surface area (Å²) in [6.45, 7) is 3.80. The number of benzene rings is 1. The lowest BCUT2D eigenvalue weighted by Gasteiger charge is -2.32. The van der Waals surface area contributed by atoms with E-state index < -0.39 is 0 Å². The molecule has 5 heteroatoms. The molecule has 1 fully saturated rings. The molecule has 1 aromatic rings. The summed E-state index contributed by atoms with van der Waals surface area (Å²) in [5.74, 6) is 0.0621. The molecule has 1 aliphatic heterocycles. The molecule has 2 rings (SSSR count). The Morgan fingerprint density at radius 2 is 2.11 bits per heavy atom. The van der Waals surface area contributed by atoms with Gasteiger partial charge in [-0.25, -0.2) is 0 Å². The quantitative estimate of drug-likeness (QED) is 0.776. The predicted molar refractivity (Wildman–Crippen MR) is 83.0 cm³/mol. The molecule has 1 amide bonds. The number of nitrogens with one attached hydrogen (secondary N) is 2. The van der Waals surface area contributed by atoms with Crippen LogP contribution >= 0.6 is 34.2 Å². The summed E-state index contributed by atoms with van der Waals surface area (Å²) in [5.41, 5.74) is 0.402. The highest BCUT2D eigenvalue weighted by Gasteiger charge is 2.34. The highest BCUT2D eigenvalue weighted by molar-refractivity contribution is 14.1. The second-order valence-electron chi connectivity index (χ2n) is 4.89. The molecule has 98 valence electrons. The monoisotopic (exact) mass is 378 g/mol. The minimum atomic E-state index is -0.294. The van der Waals surface area contributed by atoms with Crippen molar-refractivity contribution >= 4 is 45.8 Å². The number of carbonyl (C=O) groups is 1. The van der Waals surface area contributed by atoms with Crippen molar-refractivity contribution < 1.29 is 4.79 Å². The SMILES string of the molecule is CC1(C(=O)Nc2ccc(I)cc2Cl)CCNCC1. The molecule has 3 nitrogen and oxygen atoms in total. The Hall–Kier alpha value is -0.330. The number of halogens is 2. The van der Waals surface area contributed by atoms with Gasteiger partial charge in [0.1, 0.15) is 0 Å². The maximum atomic E-state index is 12.3. The number of hydrogen-bond donors (Lipinski definition) is 2. The fraction of sp³-hybridized carbons (Fsp3) is 0.462. The summed E-state index contributed by atoms with van der Waals surface area (Å²) < 4.78 is 1.06. The van der Waals surface area contributed by atoms with Gasteiger partial charge in [-0.15, -0.1) is 0 Å². The summed E-state index contributed by atoms with van der Waals surface area (Å²) in [6, 6.07) is 5.64. The first-order chi connectivity index (χ1) is 8.51. The highest BCUT2D eigenvalue weighted by Crippen LogP contribution is 2.31. The van der Waals surface area contributed by atoms with Gasteiger partial charge >= 0.3 is 0 Å². The first-order valence-electron chi connectivity index (χ1n) is 5.98. The lowest BCUT2D eigenvalue weighted by atomic mass is 9.80. The van der Waals surface area contributed by atoms with Gasteiger partial charge < -0.3 is 10.6 Å². The normalized spacial score (nSPS) is 18.4. The Kier molecular flexibility index (Phi) is 4.50. The standard InChI is InChI=1S/C13H16ClIN2O/c1-13(4-6-16-7-5-13)12(18)17-11-3-2-9(15)8-10(11)14/h2-3,8,16H,4-7H2,1H3,(H,17,18). The van der Waals surface area contributed by atoms with Crippen molar-refractivity contribution in [2.45, 2.75) is 19.8 Å². The smallest absolute Gasteiger partial charge is 0.230 e. The van der Waals surface area contributed by atoms with Crippen LogP contribution < -0.4 is 10.6 Å². The fourth-order valence-corrected chi connectivity index (χ4v) is 2.97. The van der Waals surface area contributed by atoms with Crippen molar-refractivity contribution in [1.82, 2.24) is 5.32 Å². The molecule has 1 heterocycles. The van der Waals surface area contributed by atoms with Crippen LogP contribution in [0.5, 0.6) is 0 Å². The summed E-state index contributed by atoms with van der Waals surface area (Å²) in [4.78, 5) is 12.3. The second-order valence-corrected chi connectivity index (χ2v) is 6.54. The largest absolute Gasteiger partial charge is 0.324 e. The molecule has 1 saturated heterocycles. The Labute approximate surface area is 126 Å². The van der Waals surface area contributed by atoms with E-state index in [4.69, 9.17) is 11.6 Å². The van der Waals surface area contributed by atoms with E-state index in [1.54, 1.807) is 0 Å². The van der Waals surface area contributed by atoms with E-state index in [2.05, 4.69) is 33.2 Å². The van der Waals surface area contributed by atoms with Crippen LogP contribution in [-0.2, 0) is 4.79 Å². The third kappa shape index (κ3) is 3.16. The van der Waals surface area contributed by atoms with E-state index >= 15 is 0 Å². The van der Waals surface area contributed by atoms with Gasteiger partial charge in [-0.3, -0.25) is 4.79 Å². The molecule has 0 spiro atoms. The van der Waals surface area contributed by atoms with Crippen LogP contribution in [0.2, 0.25) is 5.02 Å². The summed E-state index contributed by atoms with van der Waals surface area (Å²) >= 11 is 8.32. The second kappa shape index (κ2) is 5.75. The van der Waals surface area contributed by atoms with Crippen LogP contribution in [-0.4, -0.2) is 19.0 Å². The molecule has 0 atom stereocenters. The Balaban J connectivity index is 2.11. The number of rotatable bonds is 2. The van der Waals surface area contributed by atoms with Gasteiger partial charge in [-0.05, 0) is 66.7 Å². The van der Waals surface area contributed by atoms with Gasteiger partial charge in [0.05, 0.1) is 10.7 Å². The van der Waals surface area contributed by atoms with Crippen LogP contribution in [0.25, 0.3) is 0 Å². The van der Waals surface area contributed by atoms with Crippen molar-refractivity contribution in [3.63, 3.8) is 0 Å². The first kappa shape index (κ1) is 14.1. The molecule has 18 heavy (non-hydrogen) atoms. The molecule has 0 aromatic heterocycles. The minimum Gasteiger partial charge on any atom is -0.324 e. The maximum Gasteiger partial charge on any atom is 0.230 e. The van der Waals surface area contributed by atoms with Gasteiger partial charge in [-0.1, -0.05) is 18.5 Å². The van der Waals surface area contributed by atoms with Gasteiger partial charge in [0.15, 0.2) is 0 Å². The topological polar surface area (TPSA) is 41.1 Å². The van der Waals surface area contributed by atoms with Crippen molar-refractivity contribution in [3.8, 4) is 0 Å². The van der Waals surface area contributed by atoms with E-state index in [0.29, 0.717) is 10.7 Å². The third-order valence-corrected chi connectivity index (χ3v) is 4.42. The average molecular weight is 379 g/mol. The molecule has 0 unspecified atom stereocenters. The van der Waals surface area contributed by atoms with Gasteiger partial charge in [0, 0.05) is 8.99 Å². The highest BCUT2D eigenvalue weighted by atomic mass is 127. The minimum absolute atomic E-state index is 0.0621. The molecular formula is C13H16ClIN2O. The van der Waals surface area contributed by atoms with Gasteiger partial charge in [-0.2, -0.15) is 0 Å². The van der Waals surface area contributed by atoms with Crippen molar-refractivity contribution in [3.05, 3.63) is 26.8 Å². The number of carbonyl (C=O) groups excluding carboxylic acids is 1. The van der Waals surface area contributed by atoms with Crippen LogP contribution in [0.3, 0.4) is 0 Å². The first-order valence-corrected chi connectivity index (χ1v) is 7.44. The number of piperidine rings is 1. The number of anilines is 1. The average Bonchev–Trinajstić information content (AvgIpc) is 2.33. The maximum absolute atomic E-state index is 12.3. The molecule has 1 aliphatic rings. The van der Waals surface area contributed by atoms with Crippen molar-refractivity contribution in [1.29, 1.82) is 0 Å². The van der Waals surface area contributed by atoms with E-state index in [9.17, 15) is 4.79 Å². The Morgan fingerprint density at radius 3 is 2.72 bits per heavy atom. The van der Waals surface area contributed by atoms with Crippen molar-refractivity contribution in [2.24, 2.45) is 5.41 Å². The number of amides is 1. The van der Waals surface area contributed by atoms with Crippen molar-refractivity contribution in [2.75, 3.05) is 18.4 Å². The third-order valence-electron chi connectivity index (χ3n) is 3.43. The van der Waals surface area contributed by atoms with E-state index in [1.165, 1.54) is 0 Å². The van der Waals surface area contributed by atoms with Crippen LogP contribution in [0.1, 0.15) is 19.8 Å². The van der Waals surface area contributed by atoms with E-state index in [1.807, 2.05) is 25.1 Å². The lowest BCUT2D eigenvalue weighted by molar-refractivity contribution is -0.126. The van der Waals surface area contributed by atoms with Crippen LogP contribution in [0, 0.1) is 8.99 Å². The Bertz CT molecular complexity index is 458. The molecule has 0 aliphatic carbocycles. The summed E-state index contributed by atoms with van der Waals surface area (Å²) in [6.07, 6.45) is 1.72. The summed E-state index contributed by atoms with van der Waals surface area (Å²) in [7, 11) is 0. The molecular weight excluding hydrogens is 363 g/mol. The molecule has 2 N–H and O–H groups in total.